The Labute approximate surface area is 109 Å². The van der Waals surface area contributed by atoms with E-state index in [0.29, 0.717) is 0 Å². The SMILES string of the molecule is COC(=O)c1cc(CCl)c(C(F)F)c(I)n1. The highest BCUT2D eigenvalue weighted by atomic mass is 127. The van der Waals surface area contributed by atoms with Gasteiger partial charge in [0.1, 0.15) is 9.39 Å². The topological polar surface area (TPSA) is 39.2 Å². The lowest BCUT2D eigenvalue weighted by atomic mass is 10.1. The fourth-order valence-corrected chi connectivity index (χ4v) is 2.19. The first-order valence-corrected chi connectivity index (χ1v) is 5.74. The summed E-state index contributed by atoms with van der Waals surface area (Å²) in [6.07, 6.45) is -2.67. The number of alkyl halides is 3. The van der Waals surface area contributed by atoms with E-state index in [-0.39, 0.29) is 26.4 Å². The lowest BCUT2D eigenvalue weighted by Gasteiger charge is -2.09. The van der Waals surface area contributed by atoms with Crippen molar-refractivity contribution in [3.8, 4) is 0 Å². The lowest BCUT2D eigenvalue weighted by Crippen LogP contribution is -2.09. The molecular formula is C9H7ClF2INO2. The Bertz CT molecular complexity index is 415. The normalized spacial score (nSPS) is 10.6. The van der Waals surface area contributed by atoms with Gasteiger partial charge in [0.15, 0.2) is 0 Å². The Hall–Kier alpha value is -0.500. The van der Waals surface area contributed by atoms with E-state index < -0.39 is 12.4 Å². The highest BCUT2D eigenvalue weighted by Gasteiger charge is 2.21. The minimum Gasteiger partial charge on any atom is -0.464 e. The van der Waals surface area contributed by atoms with Crippen LogP contribution < -0.4 is 0 Å². The molecule has 0 aliphatic carbocycles. The van der Waals surface area contributed by atoms with Crippen LogP contribution in [0.4, 0.5) is 8.78 Å². The number of ether oxygens (including phenoxy) is 1. The van der Waals surface area contributed by atoms with Crippen molar-refractivity contribution in [1.29, 1.82) is 0 Å². The second kappa shape index (κ2) is 5.72. The number of halogens is 4. The van der Waals surface area contributed by atoms with Crippen molar-refractivity contribution in [1.82, 2.24) is 4.98 Å². The molecule has 0 saturated carbocycles. The predicted molar refractivity (Wildman–Crippen MR) is 62.8 cm³/mol. The van der Waals surface area contributed by atoms with Crippen molar-refractivity contribution in [3.63, 3.8) is 0 Å². The Morgan fingerprint density at radius 2 is 2.31 bits per heavy atom. The molecule has 1 aromatic heterocycles. The maximum Gasteiger partial charge on any atom is 0.356 e. The van der Waals surface area contributed by atoms with E-state index in [9.17, 15) is 13.6 Å². The number of methoxy groups -OCH3 is 1. The molecule has 0 aliphatic rings. The molecule has 16 heavy (non-hydrogen) atoms. The third-order valence-electron chi connectivity index (χ3n) is 1.85. The third kappa shape index (κ3) is 2.79. The standard InChI is InChI=1S/C9H7ClF2INO2/c1-16-9(15)5-2-4(3-10)6(7(11)12)8(13)14-5/h2,7H,3H2,1H3. The zero-order valence-electron chi connectivity index (χ0n) is 8.14. The molecule has 7 heteroatoms. The minimum atomic E-state index is -2.67. The Kier molecular flexibility index (Phi) is 4.85. The largest absolute Gasteiger partial charge is 0.464 e. The number of carbonyl (C=O) groups is 1. The molecule has 0 radical (unpaired) electrons. The summed E-state index contributed by atoms with van der Waals surface area (Å²) in [5.74, 6) is -0.785. The first-order chi connectivity index (χ1) is 7.51. The number of pyridine rings is 1. The molecule has 1 aromatic rings. The molecule has 0 unspecified atom stereocenters. The number of hydrogen-bond donors (Lipinski definition) is 0. The molecule has 0 N–H and O–H groups in total. The van der Waals surface area contributed by atoms with Crippen LogP contribution in [0.1, 0.15) is 28.0 Å². The van der Waals surface area contributed by atoms with Crippen LogP contribution in [-0.2, 0) is 10.6 Å². The smallest absolute Gasteiger partial charge is 0.356 e. The summed E-state index contributed by atoms with van der Waals surface area (Å²) in [6.45, 7) is 0. The van der Waals surface area contributed by atoms with E-state index in [4.69, 9.17) is 11.6 Å². The van der Waals surface area contributed by atoms with Gasteiger partial charge >= 0.3 is 5.97 Å². The van der Waals surface area contributed by atoms with E-state index in [2.05, 4.69) is 9.72 Å². The number of esters is 1. The highest BCUT2D eigenvalue weighted by Crippen LogP contribution is 2.28. The molecular weight excluding hydrogens is 354 g/mol. The molecule has 0 spiro atoms. The first-order valence-electron chi connectivity index (χ1n) is 4.13. The van der Waals surface area contributed by atoms with E-state index in [1.54, 1.807) is 22.6 Å². The fraction of sp³-hybridized carbons (Fsp3) is 0.333. The molecule has 88 valence electrons. The van der Waals surface area contributed by atoms with Gasteiger partial charge in [-0.1, -0.05) is 0 Å². The molecule has 0 aliphatic heterocycles. The molecule has 0 bridgehead atoms. The number of rotatable bonds is 3. The molecule has 0 fully saturated rings. The van der Waals surface area contributed by atoms with Gasteiger partial charge in [0, 0.05) is 5.88 Å². The van der Waals surface area contributed by atoms with Gasteiger partial charge in [0.25, 0.3) is 6.43 Å². The summed E-state index contributed by atoms with van der Waals surface area (Å²) < 4.78 is 29.9. The molecule has 0 atom stereocenters. The van der Waals surface area contributed by atoms with Crippen molar-refractivity contribution in [2.45, 2.75) is 12.3 Å². The molecule has 3 nitrogen and oxygen atoms in total. The van der Waals surface area contributed by atoms with Gasteiger partial charge in [-0.25, -0.2) is 18.6 Å². The Morgan fingerprint density at radius 1 is 1.69 bits per heavy atom. The summed E-state index contributed by atoms with van der Waals surface area (Å²) in [4.78, 5) is 14.9. The molecule has 0 amide bonds. The van der Waals surface area contributed by atoms with E-state index >= 15 is 0 Å². The average Bonchev–Trinajstić information content (AvgIpc) is 2.26. The summed E-state index contributed by atoms with van der Waals surface area (Å²) in [6, 6.07) is 1.22. The van der Waals surface area contributed by atoms with Crippen molar-refractivity contribution in [2.75, 3.05) is 7.11 Å². The fourth-order valence-electron chi connectivity index (χ4n) is 1.12. The van der Waals surface area contributed by atoms with Gasteiger partial charge in [0.2, 0.25) is 0 Å². The quantitative estimate of drug-likeness (QED) is 0.359. The zero-order valence-corrected chi connectivity index (χ0v) is 11.1. The summed E-state index contributed by atoms with van der Waals surface area (Å²) in [5.41, 5.74) is -0.0633. The first kappa shape index (κ1) is 13.6. The number of hydrogen-bond acceptors (Lipinski definition) is 3. The van der Waals surface area contributed by atoms with Crippen LogP contribution in [0.25, 0.3) is 0 Å². The van der Waals surface area contributed by atoms with Crippen molar-refractivity contribution in [3.05, 3.63) is 26.6 Å². The maximum atomic E-state index is 12.7. The summed E-state index contributed by atoms with van der Waals surface area (Å²) >= 11 is 7.19. The van der Waals surface area contributed by atoms with Gasteiger partial charge in [0.05, 0.1) is 12.7 Å². The summed E-state index contributed by atoms with van der Waals surface area (Å²) in [7, 11) is 1.19. The second-order valence-corrected chi connectivity index (χ2v) is 4.09. The predicted octanol–water partition coefficient (Wildman–Crippen LogP) is 3.15. The third-order valence-corrected chi connectivity index (χ3v) is 2.96. The van der Waals surface area contributed by atoms with Gasteiger partial charge in [-0.15, -0.1) is 11.6 Å². The zero-order chi connectivity index (χ0) is 12.3. The number of nitrogens with zero attached hydrogens (tertiary/aromatic N) is 1. The van der Waals surface area contributed by atoms with E-state index in [1.165, 1.54) is 13.2 Å². The molecule has 1 rings (SSSR count). The van der Waals surface area contributed by atoms with Crippen LogP contribution in [0.15, 0.2) is 6.07 Å². The Balaban J connectivity index is 3.32. The van der Waals surface area contributed by atoms with Crippen LogP contribution in [-0.4, -0.2) is 18.1 Å². The maximum absolute atomic E-state index is 12.7. The van der Waals surface area contributed by atoms with Gasteiger partial charge in [-0.2, -0.15) is 0 Å². The average molecular weight is 362 g/mol. The Morgan fingerprint density at radius 3 is 2.75 bits per heavy atom. The van der Waals surface area contributed by atoms with Crippen molar-refractivity contribution >= 4 is 40.2 Å². The van der Waals surface area contributed by atoms with Crippen molar-refractivity contribution < 1.29 is 18.3 Å². The lowest BCUT2D eigenvalue weighted by molar-refractivity contribution is 0.0593. The molecule has 0 saturated heterocycles. The van der Waals surface area contributed by atoms with Crippen molar-refractivity contribution in [2.24, 2.45) is 0 Å². The number of carbonyl (C=O) groups excluding carboxylic acids is 1. The van der Waals surface area contributed by atoms with Crippen LogP contribution in [0.5, 0.6) is 0 Å². The van der Waals surface area contributed by atoms with E-state index in [0.717, 1.165) is 0 Å². The van der Waals surface area contributed by atoms with E-state index in [1.807, 2.05) is 0 Å². The van der Waals surface area contributed by atoms with Crippen LogP contribution >= 0.6 is 34.2 Å². The van der Waals surface area contributed by atoms with Crippen LogP contribution in [0.2, 0.25) is 0 Å². The van der Waals surface area contributed by atoms with Crippen LogP contribution in [0, 0.1) is 3.70 Å². The second-order valence-electron chi connectivity index (χ2n) is 2.80. The summed E-state index contributed by atoms with van der Waals surface area (Å²) in [5, 5.41) is 0. The molecule has 1 heterocycles. The molecule has 0 aromatic carbocycles. The minimum absolute atomic E-state index is 0.0213. The highest BCUT2D eigenvalue weighted by molar-refractivity contribution is 14.1. The van der Waals surface area contributed by atoms with Gasteiger partial charge in [-0.05, 0) is 34.2 Å². The number of aromatic nitrogens is 1. The van der Waals surface area contributed by atoms with Gasteiger partial charge in [-0.3, -0.25) is 0 Å². The van der Waals surface area contributed by atoms with Crippen LogP contribution in [0.3, 0.4) is 0 Å². The van der Waals surface area contributed by atoms with Gasteiger partial charge < -0.3 is 4.74 Å². The monoisotopic (exact) mass is 361 g/mol.